The summed E-state index contributed by atoms with van der Waals surface area (Å²) in [6.45, 7) is 1.38. The van der Waals surface area contributed by atoms with Gasteiger partial charge in [-0.25, -0.2) is 4.39 Å². The van der Waals surface area contributed by atoms with Crippen molar-refractivity contribution in [3.8, 4) is 0 Å². The number of nitrogens with one attached hydrogen (secondary N) is 1. The van der Waals surface area contributed by atoms with E-state index < -0.39 is 17.3 Å². The van der Waals surface area contributed by atoms with Crippen molar-refractivity contribution in [2.24, 2.45) is 0 Å². The first kappa shape index (κ1) is 8.19. The van der Waals surface area contributed by atoms with Crippen LogP contribution in [0.1, 0.15) is 12.5 Å². The van der Waals surface area contributed by atoms with Crippen molar-refractivity contribution in [3.05, 3.63) is 29.6 Å². The maximum Gasteiger partial charge on any atom is 0.260 e. The molecule has 0 aromatic heterocycles. The summed E-state index contributed by atoms with van der Waals surface area (Å²) in [6, 6.07) is 3.81. The van der Waals surface area contributed by atoms with Crippen molar-refractivity contribution < 1.29 is 14.3 Å². The fraction of sp³-hybridized carbons (Fsp3) is 0.222. The molecule has 1 aliphatic rings. The first-order valence-corrected chi connectivity index (χ1v) is 3.85. The second kappa shape index (κ2) is 2.29. The predicted molar refractivity (Wildman–Crippen MR) is 44.6 cm³/mol. The molecule has 1 heterocycles. The summed E-state index contributed by atoms with van der Waals surface area (Å²) < 4.78 is 12.7. The first-order valence-electron chi connectivity index (χ1n) is 3.85. The van der Waals surface area contributed by atoms with E-state index in [0.29, 0.717) is 11.3 Å². The average molecular weight is 181 g/mol. The van der Waals surface area contributed by atoms with Gasteiger partial charge in [-0.05, 0) is 19.1 Å². The number of aliphatic hydroxyl groups is 1. The number of hydrogen-bond donors (Lipinski definition) is 2. The molecular formula is C9H8FNO2. The van der Waals surface area contributed by atoms with Crippen molar-refractivity contribution >= 4 is 11.6 Å². The summed E-state index contributed by atoms with van der Waals surface area (Å²) in [6.07, 6.45) is 0. The van der Waals surface area contributed by atoms with Crippen LogP contribution < -0.4 is 5.32 Å². The van der Waals surface area contributed by atoms with Crippen molar-refractivity contribution in [1.82, 2.24) is 0 Å². The molecule has 13 heavy (non-hydrogen) atoms. The van der Waals surface area contributed by atoms with E-state index in [1.165, 1.54) is 25.1 Å². The van der Waals surface area contributed by atoms with E-state index in [4.69, 9.17) is 0 Å². The lowest BCUT2D eigenvalue weighted by molar-refractivity contribution is -0.131. The summed E-state index contributed by atoms with van der Waals surface area (Å²) in [7, 11) is 0. The number of fused-ring (bicyclic) bond motifs is 1. The van der Waals surface area contributed by atoms with Gasteiger partial charge >= 0.3 is 0 Å². The smallest absolute Gasteiger partial charge is 0.260 e. The first-order chi connectivity index (χ1) is 6.01. The molecule has 1 atom stereocenters. The highest BCUT2D eigenvalue weighted by Crippen LogP contribution is 2.35. The Morgan fingerprint density at radius 2 is 2.23 bits per heavy atom. The third-order valence-electron chi connectivity index (χ3n) is 2.20. The van der Waals surface area contributed by atoms with Gasteiger partial charge in [0.1, 0.15) is 5.82 Å². The molecule has 0 aliphatic carbocycles. The van der Waals surface area contributed by atoms with Gasteiger partial charge in [0.15, 0.2) is 5.60 Å². The van der Waals surface area contributed by atoms with Gasteiger partial charge < -0.3 is 10.4 Å². The zero-order valence-electron chi connectivity index (χ0n) is 6.97. The standard InChI is InChI=1S/C9H8FNO2/c1-9(13)6-3-2-5(10)4-7(6)11-8(9)12/h2-4,13H,1H3,(H,11,12). The molecule has 68 valence electrons. The molecule has 1 aliphatic heterocycles. The summed E-state index contributed by atoms with van der Waals surface area (Å²) in [4.78, 5) is 11.2. The average Bonchev–Trinajstić information content (AvgIpc) is 2.23. The topological polar surface area (TPSA) is 49.3 Å². The van der Waals surface area contributed by atoms with E-state index in [1.807, 2.05) is 0 Å². The van der Waals surface area contributed by atoms with Crippen LogP contribution in [0.4, 0.5) is 10.1 Å². The predicted octanol–water partition coefficient (Wildman–Crippen LogP) is 0.985. The van der Waals surface area contributed by atoms with Crippen LogP contribution in [0, 0.1) is 5.82 Å². The Labute approximate surface area is 74.2 Å². The van der Waals surface area contributed by atoms with E-state index in [0.717, 1.165) is 0 Å². The molecule has 0 fully saturated rings. The molecule has 4 heteroatoms. The number of amides is 1. The van der Waals surface area contributed by atoms with E-state index >= 15 is 0 Å². The van der Waals surface area contributed by atoms with Crippen LogP contribution in [0.5, 0.6) is 0 Å². The van der Waals surface area contributed by atoms with Crippen LogP contribution in [0.25, 0.3) is 0 Å². The molecular weight excluding hydrogens is 173 g/mol. The number of halogens is 1. The molecule has 1 unspecified atom stereocenters. The Morgan fingerprint density at radius 3 is 2.92 bits per heavy atom. The van der Waals surface area contributed by atoms with E-state index in [2.05, 4.69) is 5.32 Å². The van der Waals surface area contributed by atoms with Gasteiger partial charge in [0, 0.05) is 5.56 Å². The summed E-state index contributed by atoms with van der Waals surface area (Å²) in [5, 5.41) is 12.1. The lowest BCUT2D eigenvalue weighted by Crippen LogP contribution is -2.30. The molecule has 0 radical (unpaired) electrons. The maximum absolute atomic E-state index is 12.7. The van der Waals surface area contributed by atoms with Crippen LogP contribution in [0.15, 0.2) is 18.2 Å². The highest BCUT2D eigenvalue weighted by atomic mass is 19.1. The van der Waals surface area contributed by atoms with Gasteiger partial charge in [0.05, 0.1) is 5.69 Å². The fourth-order valence-electron chi connectivity index (χ4n) is 1.41. The number of hydrogen-bond acceptors (Lipinski definition) is 2. The Bertz CT molecular complexity index is 387. The highest BCUT2D eigenvalue weighted by molar-refractivity contribution is 6.04. The van der Waals surface area contributed by atoms with E-state index in [9.17, 15) is 14.3 Å². The maximum atomic E-state index is 12.7. The molecule has 2 N–H and O–H groups in total. The van der Waals surface area contributed by atoms with Gasteiger partial charge in [-0.2, -0.15) is 0 Å². The molecule has 1 amide bonds. The van der Waals surface area contributed by atoms with Crippen molar-refractivity contribution in [2.75, 3.05) is 5.32 Å². The van der Waals surface area contributed by atoms with Crippen LogP contribution in [0.3, 0.4) is 0 Å². The number of rotatable bonds is 0. The molecule has 1 aromatic carbocycles. The van der Waals surface area contributed by atoms with E-state index in [-0.39, 0.29) is 0 Å². The van der Waals surface area contributed by atoms with Gasteiger partial charge in [-0.1, -0.05) is 6.07 Å². The molecule has 0 saturated heterocycles. The van der Waals surface area contributed by atoms with Crippen molar-refractivity contribution in [3.63, 3.8) is 0 Å². The Morgan fingerprint density at radius 1 is 1.54 bits per heavy atom. The Balaban J connectivity index is 2.62. The Hall–Kier alpha value is -1.42. The molecule has 3 nitrogen and oxygen atoms in total. The lowest BCUT2D eigenvalue weighted by Gasteiger charge is -2.12. The molecule has 1 aromatic rings. The van der Waals surface area contributed by atoms with Crippen LogP contribution in [0.2, 0.25) is 0 Å². The van der Waals surface area contributed by atoms with Gasteiger partial charge in [0.2, 0.25) is 0 Å². The van der Waals surface area contributed by atoms with Gasteiger partial charge in [-0.15, -0.1) is 0 Å². The van der Waals surface area contributed by atoms with Crippen LogP contribution in [-0.4, -0.2) is 11.0 Å². The van der Waals surface area contributed by atoms with Crippen LogP contribution in [-0.2, 0) is 10.4 Å². The summed E-state index contributed by atoms with van der Waals surface area (Å²) in [5.41, 5.74) is -0.780. The number of benzene rings is 1. The second-order valence-electron chi connectivity index (χ2n) is 3.22. The minimum atomic E-state index is -1.54. The fourth-order valence-corrected chi connectivity index (χ4v) is 1.41. The van der Waals surface area contributed by atoms with Gasteiger partial charge in [0.25, 0.3) is 5.91 Å². The van der Waals surface area contributed by atoms with Crippen LogP contribution >= 0.6 is 0 Å². The van der Waals surface area contributed by atoms with Crippen molar-refractivity contribution in [1.29, 1.82) is 0 Å². The second-order valence-corrected chi connectivity index (χ2v) is 3.22. The largest absolute Gasteiger partial charge is 0.375 e. The Kier molecular flexibility index (Phi) is 1.44. The third kappa shape index (κ3) is 1.02. The SMILES string of the molecule is CC1(O)C(=O)Nc2cc(F)ccc21. The quantitative estimate of drug-likeness (QED) is 0.627. The zero-order chi connectivity index (χ0) is 9.64. The zero-order valence-corrected chi connectivity index (χ0v) is 6.97. The number of carbonyl (C=O) groups excluding carboxylic acids is 1. The summed E-state index contributed by atoms with van der Waals surface area (Å²) in [5.74, 6) is -0.954. The molecule has 0 saturated carbocycles. The lowest BCUT2D eigenvalue weighted by atomic mass is 9.98. The molecule has 2 rings (SSSR count). The minimum Gasteiger partial charge on any atom is -0.375 e. The minimum absolute atomic E-state index is 0.343. The molecule has 0 spiro atoms. The third-order valence-corrected chi connectivity index (χ3v) is 2.20. The normalized spacial score (nSPS) is 25.6. The number of carbonyl (C=O) groups is 1. The highest BCUT2D eigenvalue weighted by Gasteiger charge is 2.40. The van der Waals surface area contributed by atoms with Crippen molar-refractivity contribution in [2.45, 2.75) is 12.5 Å². The van der Waals surface area contributed by atoms with Gasteiger partial charge in [-0.3, -0.25) is 4.79 Å². The number of anilines is 1. The van der Waals surface area contributed by atoms with E-state index in [1.54, 1.807) is 0 Å². The monoisotopic (exact) mass is 181 g/mol. The summed E-state index contributed by atoms with van der Waals surface area (Å²) >= 11 is 0. The molecule has 0 bridgehead atoms.